The smallest absolute Gasteiger partial charge is 0.195 e. The van der Waals surface area contributed by atoms with E-state index < -0.39 is 0 Å². The van der Waals surface area contributed by atoms with Gasteiger partial charge in [-0.1, -0.05) is 13.3 Å². The third-order valence-corrected chi connectivity index (χ3v) is 5.92. The molecule has 4 heterocycles. The van der Waals surface area contributed by atoms with E-state index in [1.54, 1.807) is 19.3 Å². The van der Waals surface area contributed by atoms with Crippen LogP contribution in [0.25, 0.3) is 16.2 Å². The first-order valence-electron chi connectivity index (χ1n) is 8.75. The molecule has 0 radical (unpaired) electrons. The molecular formula is C19H20N4O2S. The van der Waals surface area contributed by atoms with Crippen LogP contribution in [0.15, 0.2) is 34.7 Å². The Kier molecular flexibility index (Phi) is 4.32. The molecule has 0 spiro atoms. The summed E-state index contributed by atoms with van der Waals surface area (Å²) in [6.07, 6.45) is 5.57. The topological polar surface area (TPSA) is 68.1 Å². The van der Waals surface area contributed by atoms with Gasteiger partial charge in [0.2, 0.25) is 0 Å². The van der Waals surface area contributed by atoms with Gasteiger partial charge in [0.1, 0.15) is 12.1 Å². The van der Waals surface area contributed by atoms with Crippen molar-refractivity contribution in [2.45, 2.75) is 20.3 Å². The number of carbonyl (C=O) groups excluding carboxylic acids is 1. The largest absolute Gasteiger partial charge is 0.356 e. The SMILES string of the molecule is CC[C@H]1CN(c2ccc3c(=O)c(C)cn(-c4nccs4)c3n2)C[C@@H]1C=O. The highest BCUT2D eigenvalue weighted by Gasteiger charge is 2.32. The second kappa shape index (κ2) is 6.64. The summed E-state index contributed by atoms with van der Waals surface area (Å²) >= 11 is 1.50. The molecule has 1 aliphatic heterocycles. The van der Waals surface area contributed by atoms with E-state index in [1.807, 2.05) is 22.1 Å². The summed E-state index contributed by atoms with van der Waals surface area (Å²) < 4.78 is 1.88. The van der Waals surface area contributed by atoms with Crippen molar-refractivity contribution in [1.29, 1.82) is 0 Å². The molecule has 1 saturated heterocycles. The van der Waals surface area contributed by atoms with Gasteiger partial charge in [0.25, 0.3) is 0 Å². The van der Waals surface area contributed by atoms with Crippen LogP contribution >= 0.6 is 11.3 Å². The van der Waals surface area contributed by atoms with E-state index in [9.17, 15) is 9.59 Å². The average molecular weight is 368 g/mol. The standard InChI is InChI=1S/C19H20N4O2S/c1-3-13-9-22(10-14(13)11-24)16-5-4-15-17(25)12(2)8-23(18(15)21-16)19-20-6-7-26-19/h4-8,11,13-14H,3,9-10H2,1-2H3/t13-,14+/m0/s1. The zero-order valence-corrected chi connectivity index (χ0v) is 15.6. The van der Waals surface area contributed by atoms with Crippen molar-refractivity contribution in [2.24, 2.45) is 11.8 Å². The number of hydrogen-bond donors (Lipinski definition) is 0. The van der Waals surface area contributed by atoms with Gasteiger partial charge in [-0.25, -0.2) is 9.97 Å². The van der Waals surface area contributed by atoms with Gasteiger partial charge in [0.05, 0.1) is 5.39 Å². The summed E-state index contributed by atoms with van der Waals surface area (Å²) in [7, 11) is 0. The van der Waals surface area contributed by atoms with E-state index in [0.717, 1.165) is 30.2 Å². The fourth-order valence-electron chi connectivity index (χ4n) is 3.65. The van der Waals surface area contributed by atoms with E-state index in [0.29, 0.717) is 29.1 Å². The Balaban J connectivity index is 1.85. The lowest BCUT2D eigenvalue weighted by Crippen LogP contribution is -2.22. The maximum Gasteiger partial charge on any atom is 0.195 e. The monoisotopic (exact) mass is 368 g/mol. The lowest BCUT2D eigenvalue weighted by molar-refractivity contribution is -0.111. The highest BCUT2D eigenvalue weighted by atomic mass is 32.1. The molecule has 0 aromatic carbocycles. The van der Waals surface area contributed by atoms with Crippen LogP contribution in [0.1, 0.15) is 18.9 Å². The van der Waals surface area contributed by atoms with Crippen LogP contribution in [0.3, 0.4) is 0 Å². The van der Waals surface area contributed by atoms with E-state index >= 15 is 0 Å². The van der Waals surface area contributed by atoms with Gasteiger partial charge in [-0.05, 0) is 25.0 Å². The number of fused-ring (bicyclic) bond motifs is 1. The number of thiazole rings is 1. The number of anilines is 1. The Labute approximate surface area is 155 Å². The summed E-state index contributed by atoms with van der Waals surface area (Å²) in [5.41, 5.74) is 1.26. The second-order valence-electron chi connectivity index (χ2n) is 6.74. The summed E-state index contributed by atoms with van der Waals surface area (Å²) in [6, 6.07) is 3.72. The van der Waals surface area contributed by atoms with Gasteiger partial charge >= 0.3 is 0 Å². The van der Waals surface area contributed by atoms with Crippen molar-refractivity contribution in [3.8, 4) is 5.13 Å². The number of pyridine rings is 2. The number of rotatable bonds is 4. The highest BCUT2D eigenvalue weighted by Crippen LogP contribution is 2.29. The molecule has 0 amide bonds. The van der Waals surface area contributed by atoms with Crippen LogP contribution in [0.4, 0.5) is 5.82 Å². The molecule has 2 atom stereocenters. The van der Waals surface area contributed by atoms with Crippen LogP contribution in [0, 0.1) is 18.8 Å². The predicted molar refractivity (Wildman–Crippen MR) is 103 cm³/mol. The first kappa shape index (κ1) is 16.9. The molecule has 3 aromatic heterocycles. The van der Waals surface area contributed by atoms with Crippen molar-refractivity contribution in [1.82, 2.24) is 14.5 Å². The van der Waals surface area contributed by atoms with Crippen LogP contribution in [-0.4, -0.2) is 33.9 Å². The van der Waals surface area contributed by atoms with Gasteiger partial charge in [-0.2, -0.15) is 0 Å². The number of aldehydes is 1. The quantitative estimate of drug-likeness (QED) is 0.663. The second-order valence-corrected chi connectivity index (χ2v) is 7.61. The molecule has 0 aliphatic carbocycles. The van der Waals surface area contributed by atoms with Gasteiger partial charge in [0, 0.05) is 42.3 Å². The van der Waals surface area contributed by atoms with E-state index in [4.69, 9.17) is 4.98 Å². The minimum atomic E-state index is -0.00881. The first-order chi connectivity index (χ1) is 12.6. The van der Waals surface area contributed by atoms with Crippen molar-refractivity contribution in [3.05, 3.63) is 45.7 Å². The Morgan fingerprint density at radius 3 is 2.85 bits per heavy atom. The molecule has 26 heavy (non-hydrogen) atoms. The third kappa shape index (κ3) is 2.72. The molecule has 7 heteroatoms. The molecular weight excluding hydrogens is 348 g/mol. The van der Waals surface area contributed by atoms with Crippen LogP contribution < -0.4 is 10.3 Å². The maximum atomic E-state index is 12.5. The fraction of sp³-hybridized carbons (Fsp3) is 0.368. The van der Waals surface area contributed by atoms with Crippen LogP contribution in [0.2, 0.25) is 0 Å². The Bertz CT molecular complexity index is 1010. The van der Waals surface area contributed by atoms with Crippen LogP contribution in [0.5, 0.6) is 0 Å². The number of aryl methyl sites for hydroxylation is 1. The van der Waals surface area contributed by atoms with E-state index in [2.05, 4.69) is 16.8 Å². The third-order valence-electron chi connectivity index (χ3n) is 5.15. The van der Waals surface area contributed by atoms with Crippen LogP contribution in [-0.2, 0) is 4.79 Å². The summed E-state index contributed by atoms with van der Waals surface area (Å²) in [5, 5.41) is 3.27. The van der Waals surface area contributed by atoms with Gasteiger partial charge < -0.3 is 9.69 Å². The van der Waals surface area contributed by atoms with Gasteiger partial charge in [0.15, 0.2) is 16.2 Å². The molecule has 1 aliphatic rings. The fourth-order valence-corrected chi connectivity index (χ4v) is 4.27. The number of carbonyl (C=O) groups is 1. The lowest BCUT2D eigenvalue weighted by atomic mass is 9.95. The van der Waals surface area contributed by atoms with E-state index in [1.165, 1.54) is 11.3 Å². The zero-order valence-electron chi connectivity index (χ0n) is 14.8. The van der Waals surface area contributed by atoms with Gasteiger partial charge in [-0.3, -0.25) is 9.36 Å². The van der Waals surface area contributed by atoms with Gasteiger partial charge in [-0.15, -0.1) is 11.3 Å². The molecule has 134 valence electrons. The first-order valence-corrected chi connectivity index (χ1v) is 9.63. The van der Waals surface area contributed by atoms with Crippen molar-refractivity contribution in [2.75, 3.05) is 18.0 Å². The minimum Gasteiger partial charge on any atom is -0.356 e. The van der Waals surface area contributed by atoms with Crippen molar-refractivity contribution in [3.63, 3.8) is 0 Å². The highest BCUT2D eigenvalue weighted by molar-refractivity contribution is 7.12. The zero-order chi connectivity index (χ0) is 18.3. The number of hydrogen-bond acceptors (Lipinski definition) is 6. The van der Waals surface area contributed by atoms with Crippen molar-refractivity contribution >= 4 is 34.5 Å². The Morgan fingerprint density at radius 1 is 1.35 bits per heavy atom. The molecule has 4 rings (SSSR count). The molecule has 0 unspecified atom stereocenters. The molecule has 1 fully saturated rings. The molecule has 3 aromatic rings. The molecule has 0 saturated carbocycles. The summed E-state index contributed by atoms with van der Waals surface area (Å²) in [5.74, 6) is 1.19. The number of aromatic nitrogens is 3. The summed E-state index contributed by atoms with van der Waals surface area (Å²) in [6.45, 7) is 5.40. The van der Waals surface area contributed by atoms with E-state index in [-0.39, 0.29) is 11.3 Å². The predicted octanol–water partition coefficient (Wildman–Crippen LogP) is 2.81. The molecule has 0 N–H and O–H groups in total. The number of nitrogens with zero attached hydrogens (tertiary/aromatic N) is 4. The maximum absolute atomic E-state index is 12.5. The molecule has 6 nitrogen and oxygen atoms in total. The Hall–Kier alpha value is -2.54. The normalized spacial score (nSPS) is 20.0. The summed E-state index contributed by atoms with van der Waals surface area (Å²) in [4.78, 5) is 35.2. The average Bonchev–Trinajstić information content (AvgIpc) is 3.33. The Morgan fingerprint density at radius 2 is 2.19 bits per heavy atom. The molecule has 0 bridgehead atoms. The van der Waals surface area contributed by atoms with Crippen molar-refractivity contribution < 1.29 is 4.79 Å². The lowest BCUT2D eigenvalue weighted by Gasteiger charge is -2.18. The minimum absolute atomic E-state index is 0.00881.